The molecule has 0 saturated carbocycles. The van der Waals surface area contributed by atoms with Gasteiger partial charge in [-0.3, -0.25) is 0 Å². The lowest BCUT2D eigenvalue weighted by atomic mass is 9.97. The van der Waals surface area contributed by atoms with Crippen LogP contribution in [0.2, 0.25) is 0 Å². The predicted molar refractivity (Wildman–Crippen MR) is 73.3 cm³/mol. The molecule has 19 heavy (non-hydrogen) atoms. The lowest BCUT2D eigenvalue weighted by molar-refractivity contribution is -0.154. The highest BCUT2D eigenvalue weighted by Crippen LogP contribution is 2.18. The minimum absolute atomic E-state index is 0.135. The molecule has 0 aromatic heterocycles. The van der Waals surface area contributed by atoms with Gasteiger partial charge in [-0.1, -0.05) is 42.2 Å². The number of rotatable bonds is 3. The van der Waals surface area contributed by atoms with Crippen LogP contribution in [0, 0.1) is 11.8 Å². The zero-order chi connectivity index (χ0) is 13.6. The maximum absolute atomic E-state index is 10.3. The number of hydrogen-bond donors (Lipinski definition) is 1. The van der Waals surface area contributed by atoms with Gasteiger partial charge in [0.25, 0.3) is 0 Å². The van der Waals surface area contributed by atoms with Crippen molar-refractivity contribution in [3.63, 3.8) is 0 Å². The molecule has 2 rings (SSSR count). The molecular weight excluding hydrogens is 240 g/mol. The SMILES string of the molecule is CC(O)(C#CCOC1CCCCO1)c1ccccc1. The average Bonchev–Trinajstić information content (AvgIpc) is 2.46. The van der Waals surface area contributed by atoms with Crippen LogP contribution in [-0.2, 0) is 15.1 Å². The van der Waals surface area contributed by atoms with Crippen molar-refractivity contribution in [1.82, 2.24) is 0 Å². The fourth-order valence-electron chi connectivity index (χ4n) is 2.02. The van der Waals surface area contributed by atoms with Crippen molar-refractivity contribution in [2.24, 2.45) is 0 Å². The first kappa shape index (κ1) is 14.1. The summed E-state index contributed by atoms with van der Waals surface area (Å²) in [5.74, 6) is 5.71. The Bertz CT molecular complexity index is 436. The summed E-state index contributed by atoms with van der Waals surface area (Å²) < 4.78 is 10.9. The van der Waals surface area contributed by atoms with Crippen molar-refractivity contribution in [2.45, 2.75) is 38.1 Å². The van der Waals surface area contributed by atoms with E-state index in [1.54, 1.807) is 6.92 Å². The Balaban J connectivity index is 1.85. The van der Waals surface area contributed by atoms with E-state index in [4.69, 9.17) is 9.47 Å². The van der Waals surface area contributed by atoms with Crippen LogP contribution in [0.5, 0.6) is 0 Å². The third-order valence-corrected chi connectivity index (χ3v) is 3.15. The van der Waals surface area contributed by atoms with Crippen molar-refractivity contribution in [3.05, 3.63) is 35.9 Å². The van der Waals surface area contributed by atoms with Gasteiger partial charge in [0.05, 0.1) is 0 Å². The van der Waals surface area contributed by atoms with Gasteiger partial charge >= 0.3 is 0 Å². The highest BCUT2D eigenvalue weighted by Gasteiger charge is 2.19. The molecule has 0 spiro atoms. The van der Waals surface area contributed by atoms with Crippen LogP contribution >= 0.6 is 0 Å². The van der Waals surface area contributed by atoms with E-state index in [0.29, 0.717) is 0 Å². The predicted octanol–water partition coefficient (Wildman–Crippen LogP) is 2.44. The molecule has 2 atom stereocenters. The minimum atomic E-state index is -1.14. The van der Waals surface area contributed by atoms with E-state index >= 15 is 0 Å². The van der Waals surface area contributed by atoms with Gasteiger partial charge < -0.3 is 14.6 Å². The van der Waals surface area contributed by atoms with E-state index in [-0.39, 0.29) is 12.9 Å². The maximum Gasteiger partial charge on any atom is 0.158 e. The quantitative estimate of drug-likeness (QED) is 0.848. The van der Waals surface area contributed by atoms with Crippen LogP contribution in [0.25, 0.3) is 0 Å². The molecule has 3 nitrogen and oxygen atoms in total. The largest absolute Gasteiger partial charge is 0.374 e. The summed E-state index contributed by atoms with van der Waals surface area (Å²) in [4.78, 5) is 0. The van der Waals surface area contributed by atoms with Crippen molar-refractivity contribution in [3.8, 4) is 11.8 Å². The first-order valence-electron chi connectivity index (χ1n) is 6.69. The summed E-state index contributed by atoms with van der Waals surface area (Å²) in [7, 11) is 0. The van der Waals surface area contributed by atoms with E-state index in [0.717, 1.165) is 31.4 Å². The fraction of sp³-hybridized carbons (Fsp3) is 0.500. The molecule has 1 aliphatic heterocycles. The van der Waals surface area contributed by atoms with Gasteiger partial charge in [0.2, 0.25) is 0 Å². The smallest absolute Gasteiger partial charge is 0.158 e. The summed E-state index contributed by atoms with van der Waals surface area (Å²) in [5.41, 5.74) is -0.352. The number of benzene rings is 1. The fourth-order valence-corrected chi connectivity index (χ4v) is 2.02. The molecular formula is C16H20O3. The minimum Gasteiger partial charge on any atom is -0.374 e. The zero-order valence-electron chi connectivity index (χ0n) is 11.3. The number of ether oxygens (including phenoxy) is 2. The van der Waals surface area contributed by atoms with Gasteiger partial charge in [0.15, 0.2) is 6.29 Å². The van der Waals surface area contributed by atoms with Crippen molar-refractivity contribution >= 4 is 0 Å². The summed E-state index contributed by atoms with van der Waals surface area (Å²) >= 11 is 0. The third-order valence-electron chi connectivity index (χ3n) is 3.15. The maximum atomic E-state index is 10.3. The Labute approximate surface area is 114 Å². The molecule has 1 heterocycles. The Hall–Kier alpha value is -1.34. The Morgan fingerprint density at radius 2 is 2.16 bits per heavy atom. The number of aliphatic hydroxyl groups is 1. The van der Waals surface area contributed by atoms with Gasteiger partial charge in [-0.05, 0) is 31.7 Å². The van der Waals surface area contributed by atoms with Crippen LogP contribution in [0.4, 0.5) is 0 Å². The van der Waals surface area contributed by atoms with Gasteiger partial charge in [0.1, 0.15) is 12.2 Å². The zero-order valence-corrected chi connectivity index (χ0v) is 11.3. The molecule has 1 aromatic carbocycles. The summed E-state index contributed by atoms with van der Waals surface area (Å²) in [6.07, 6.45) is 3.04. The van der Waals surface area contributed by atoms with Crippen molar-refractivity contribution in [1.29, 1.82) is 0 Å². The molecule has 102 valence electrons. The summed E-state index contributed by atoms with van der Waals surface area (Å²) in [6.45, 7) is 2.74. The molecule has 0 bridgehead atoms. The lowest BCUT2D eigenvalue weighted by Crippen LogP contribution is -2.22. The number of hydrogen-bond acceptors (Lipinski definition) is 3. The molecule has 1 saturated heterocycles. The van der Waals surface area contributed by atoms with Crippen molar-refractivity contribution in [2.75, 3.05) is 13.2 Å². The molecule has 0 aliphatic carbocycles. The molecule has 1 N–H and O–H groups in total. The molecule has 1 fully saturated rings. The second-order valence-corrected chi connectivity index (χ2v) is 4.85. The summed E-state index contributed by atoms with van der Waals surface area (Å²) in [6, 6.07) is 9.41. The first-order chi connectivity index (χ1) is 9.18. The van der Waals surface area contributed by atoms with Crippen molar-refractivity contribution < 1.29 is 14.6 Å². The molecule has 0 amide bonds. The van der Waals surface area contributed by atoms with Crippen LogP contribution < -0.4 is 0 Å². The monoisotopic (exact) mass is 260 g/mol. The molecule has 0 radical (unpaired) electrons. The van der Waals surface area contributed by atoms with E-state index in [9.17, 15) is 5.11 Å². The van der Waals surface area contributed by atoms with Crippen LogP contribution in [0.1, 0.15) is 31.7 Å². The Kier molecular flexibility index (Phi) is 4.98. The second kappa shape index (κ2) is 6.72. The van der Waals surface area contributed by atoms with E-state index in [1.807, 2.05) is 30.3 Å². The van der Waals surface area contributed by atoms with Gasteiger partial charge in [-0.2, -0.15) is 0 Å². The van der Waals surface area contributed by atoms with E-state index in [1.165, 1.54) is 0 Å². The van der Waals surface area contributed by atoms with Crippen LogP contribution in [-0.4, -0.2) is 24.6 Å². The van der Waals surface area contributed by atoms with Crippen LogP contribution in [0.3, 0.4) is 0 Å². The lowest BCUT2D eigenvalue weighted by Gasteiger charge is -2.21. The Morgan fingerprint density at radius 1 is 1.37 bits per heavy atom. The van der Waals surface area contributed by atoms with Gasteiger partial charge in [0, 0.05) is 6.61 Å². The van der Waals surface area contributed by atoms with Crippen LogP contribution in [0.15, 0.2) is 30.3 Å². The Morgan fingerprint density at radius 3 is 2.84 bits per heavy atom. The average molecular weight is 260 g/mol. The highest BCUT2D eigenvalue weighted by molar-refractivity contribution is 5.30. The highest BCUT2D eigenvalue weighted by atomic mass is 16.7. The van der Waals surface area contributed by atoms with Gasteiger partial charge in [-0.25, -0.2) is 0 Å². The molecule has 1 aliphatic rings. The second-order valence-electron chi connectivity index (χ2n) is 4.85. The first-order valence-corrected chi connectivity index (χ1v) is 6.69. The molecule has 3 heteroatoms. The molecule has 2 unspecified atom stereocenters. The van der Waals surface area contributed by atoms with Gasteiger partial charge in [-0.15, -0.1) is 0 Å². The summed E-state index contributed by atoms with van der Waals surface area (Å²) in [5, 5.41) is 10.3. The topological polar surface area (TPSA) is 38.7 Å². The van der Waals surface area contributed by atoms with E-state index in [2.05, 4.69) is 11.8 Å². The molecule has 1 aromatic rings. The third kappa shape index (κ3) is 4.36. The normalized spacial score (nSPS) is 22.1. The standard InChI is InChI=1S/C16H20O3/c1-16(17,14-8-3-2-4-9-14)11-7-13-19-15-10-5-6-12-18-15/h2-4,8-9,15,17H,5-6,10,12-13H2,1H3. The van der Waals surface area contributed by atoms with E-state index < -0.39 is 5.60 Å².